The third-order valence-electron chi connectivity index (χ3n) is 11.1. The van der Waals surface area contributed by atoms with Crippen molar-refractivity contribution in [3.63, 3.8) is 0 Å². The molecule has 10 heteroatoms. The summed E-state index contributed by atoms with van der Waals surface area (Å²) in [6, 6.07) is 0. The van der Waals surface area contributed by atoms with E-state index in [1.165, 1.54) is 51.4 Å². The Morgan fingerprint density at radius 1 is 0.443 bits per heavy atom. The molecule has 398 valence electrons. The number of carbonyl (C=O) groups is 2. The molecule has 0 spiro atoms. The van der Waals surface area contributed by atoms with Crippen LogP contribution in [0.5, 0.6) is 0 Å². The zero-order valence-electron chi connectivity index (χ0n) is 44.2. The minimum atomic E-state index is -4.40. The van der Waals surface area contributed by atoms with E-state index in [1.54, 1.807) is 0 Å². The van der Waals surface area contributed by atoms with Gasteiger partial charge in [-0.15, -0.1) is 0 Å². The van der Waals surface area contributed by atoms with Gasteiger partial charge in [0.2, 0.25) is 0 Å². The quantitative estimate of drug-likeness (QED) is 0.0264. The number of unbranched alkanes of at least 4 members (excludes halogenated alkanes) is 17. The van der Waals surface area contributed by atoms with Gasteiger partial charge in [0.25, 0.3) is 0 Å². The van der Waals surface area contributed by atoms with E-state index in [0.717, 1.165) is 122 Å². The van der Waals surface area contributed by atoms with Crippen LogP contribution in [0.3, 0.4) is 0 Å². The van der Waals surface area contributed by atoms with Crippen molar-refractivity contribution in [2.24, 2.45) is 5.73 Å². The summed E-state index contributed by atoms with van der Waals surface area (Å²) in [5.41, 5.74) is 5.37. The minimum absolute atomic E-state index is 0.0445. The van der Waals surface area contributed by atoms with Gasteiger partial charge in [-0.25, -0.2) is 4.57 Å². The molecule has 0 saturated heterocycles. The van der Waals surface area contributed by atoms with E-state index in [-0.39, 0.29) is 32.6 Å². The second kappa shape index (κ2) is 54.7. The van der Waals surface area contributed by atoms with Crippen molar-refractivity contribution < 1.29 is 37.6 Å². The van der Waals surface area contributed by atoms with Crippen LogP contribution in [0.15, 0.2) is 122 Å². The molecule has 0 aliphatic heterocycles. The Balaban J connectivity index is 4.05. The molecule has 0 aromatic rings. The van der Waals surface area contributed by atoms with E-state index in [4.69, 9.17) is 24.3 Å². The van der Waals surface area contributed by atoms with Gasteiger partial charge in [-0.2, -0.15) is 0 Å². The first kappa shape index (κ1) is 66.4. The first-order valence-corrected chi connectivity index (χ1v) is 29.0. The van der Waals surface area contributed by atoms with E-state index in [9.17, 15) is 19.0 Å². The van der Waals surface area contributed by atoms with Crippen LogP contribution in [0.25, 0.3) is 0 Å². The summed E-state index contributed by atoms with van der Waals surface area (Å²) in [5, 5.41) is 0. The number of carbonyl (C=O) groups excluding carboxylic acids is 2. The number of ether oxygens (including phenoxy) is 2. The maximum absolute atomic E-state index is 12.7. The summed E-state index contributed by atoms with van der Waals surface area (Å²) in [6.45, 7) is 3.58. The third kappa shape index (κ3) is 53.8. The van der Waals surface area contributed by atoms with Crippen molar-refractivity contribution in [3.05, 3.63) is 122 Å². The molecule has 0 heterocycles. The molecule has 2 atom stereocenters. The van der Waals surface area contributed by atoms with Crippen LogP contribution in [0.4, 0.5) is 0 Å². The Hall–Kier alpha value is -3.59. The van der Waals surface area contributed by atoms with E-state index in [1.807, 2.05) is 0 Å². The average molecular weight is 994 g/mol. The van der Waals surface area contributed by atoms with Crippen LogP contribution >= 0.6 is 7.82 Å². The van der Waals surface area contributed by atoms with Crippen molar-refractivity contribution in [2.75, 3.05) is 26.4 Å². The van der Waals surface area contributed by atoms with E-state index < -0.39 is 32.5 Å². The van der Waals surface area contributed by atoms with Crippen LogP contribution in [0, 0.1) is 0 Å². The van der Waals surface area contributed by atoms with Gasteiger partial charge in [-0.1, -0.05) is 212 Å². The van der Waals surface area contributed by atoms with Crippen molar-refractivity contribution in [2.45, 2.75) is 219 Å². The van der Waals surface area contributed by atoms with Crippen LogP contribution in [-0.2, 0) is 32.7 Å². The SMILES string of the molecule is CC/C=C\C/C=C\C/C=C\C/C=C\C/C=C\C/C=C\C/C=C\C/C=C\C/C=C\CCCCCCCCCC(=O)OC(COC(=O)CCCCCCC/C=C\CCCCCCC)COP(=O)(O)OCCN. The summed E-state index contributed by atoms with van der Waals surface area (Å²) in [5.74, 6) is -0.859. The van der Waals surface area contributed by atoms with Gasteiger partial charge in [0.05, 0.1) is 13.2 Å². The highest BCUT2D eigenvalue weighted by Gasteiger charge is 2.26. The lowest BCUT2D eigenvalue weighted by Crippen LogP contribution is -2.29. The predicted molar refractivity (Wildman–Crippen MR) is 297 cm³/mol. The predicted octanol–water partition coefficient (Wildman–Crippen LogP) is 17.2. The number of phosphoric acid groups is 1. The van der Waals surface area contributed by atoms with Gasteiger partial charge in [0.1, 0.15) is 6.61 Å². The monoisotopic (exact) mass is 994 g/mol. The Morgan fingerprint density at radius 3 is 1.19 bits per heavy atom. The molecule has 0 aromatic heterocycles. The lowest BCUT2D eigenvalue weighted by molar-refractivity contribution is -0.161. The van der Waals surface area contributed by atoms with Gasteiger partial charge in [0.15, 0.2) is 6.10 Å². The fraction of sp³-hybridized carbons (Fsp3) is 0.633. The molecule has 0 bridgehead atoms. The number of phosphoric ester groups is 1. The van der Waals surface area contributed by atoms with Crippen molar-refractivity contribution in [1.29, 1.82) is 0 Å². The normalized spacial score (nSPS) is 14.1. The molecule has 0 fully saturated rings. The maximum atomic E-state index is 12.7. The summed E-state index contributed by atoms with van der Waals surface area (Å²) < 4.78 is 32.9. The zero-order chi connectivity index (χ0) is 51.0. The zero-order valence-corrected chi connectivity index (χ0v) is 45.1. The molecule has 0 aromatic carbocycles. The lowest BCUT2D eigenvalue weighted by atomic mass is 10.1. The van der Waals surface area contributed by atoms with Crippen LogP contribution in [0.2, 0.25) is 0 Å². The molecule has 9 nitrogen and oxygen atoms in total. The van der Waals surface area contributed by atoms with Gasteiger partial charge in [-0.05, 0) is 109 Å². The molecular formula is C60H100NO8P. The van der Waals surface area contributed by atoms with Crippen molar-refractivity contribution in [1.82, 2.24) is 0 Å². The Labute approximate surface area is 428 Å². The minimum Gasteiger partial charge on any atom is -0.462 e. The van der Waals surface area contributed by atoms with Gasteiger partial charge in [-0.3, -0.25) is 18.6 Å². The summed E-state index contributed by atoms with van der Waals surface area (Å²) >= 11 is 0. The molecule has 70 heavy (non-hydrogen) atoms. The van der Waals surface area contributed by atoms with Crippen LogP contribution in [-0.4, -0.2) is 49.3 Å². The Bertz CT molecular complexity index is 1550. The molecule has 0 radical (unpaired) electrons. The van der Waals surface area contributed by atoms with Gasteiger partial charge < -0.3 is 20.1 Å². The van der Waals surface area contributed by atoms with Crippen molar-refractivity contribution >= 4 is 19.8 Å². The number of rotatable bonds is 50. The molecule has 3 N–H and O–H groups in total. The number of allylic oxidation sites excluding steroid dienone is 20. The largest absolute Gasteiger partial charge is 0.472 e. The highest BCUT2D eigenvalue weighted by molar-refractivity contribution is 7.47. The van der Waals surface area contributed by atoms with Gasteiger partial charge in [0, 0.05) is 19.4 Å². The summed E-state index contributed by atoms with van der Waals surface area (Å²) in [7, 11) is -4.40. The number of hydrogen-bond donors (Lipinski definition) is 2. The molecule has 0 aliphatic rings. The molecular weight excluding hydrogens is 894 g/mol. The molecule has 0 aliphatic carbocycles. The smallest absolute Gasteiger partial charge is 0.462 e. The first-order valence-electron chi connectivity index (χ1n) is 27.5. The third-order valence-corrected chi connectivity index (χ3v) is 12.1. The second-order valence-corrected chi connectivity index (χ2v) is 19.2. The fourth-order valence-electron chi connectivity index (χ4n) is 7.03. The highest BCUT2D eigenvalue weighted by Crippen LogP contribution is 2.43. The lowest BCUT2D eigenvalue weighted by Gasteiger charge is -2.19. The van der Waals surface area contributed by atoms with E-state index in [2.05, 4.69) is 135 Å². The maximum Gasteiger partial charge on any atom is 0.472 e. The topological polar surface area (TPSA) is 134 Å². The molecule has 0 saturated carbocycles. The number of hydrogen-bond acceptors (Lipinski definition) is 8. The second-order valence-electron chi connectivity index (χ2n) is 17.7. The van der Waals surface area contributed by atoms with E-state index in [0.29, 0.717) is 12.8 Å². The number of esters is 2. The molecule has 0 amide bonds. The Kier molecular flexibility index (Phi) is 51.9. The molecule has 2 unspecified atom stereocenters. The first-order chi connectivity index (χ1) is 34.3. The van der Waals surface area contributed by atoms with Crippen LogP contribution < -0.4 is 5.73 Å². The van der Waals surface area contributed by atoms with E-state index >= 15 is 0 Å². The van der Waals surface area contributed by atoms with Crippen LogP contribution in [0.1, 0.15) is 213 Å². The Morgan fingerprint density at radius 2 is 0.786 bits per heavy atom. The molecule has 0 rings (SSSR count). The average Bonchev–Trinajstić information content (AvgIpc) is 3.35. The standard InChI is InChI=1S/C60H100NO8P/c1-3-5-7-9-11-13-15-17-19-20-21-22-23-24-25-26-27-28-29-30-31-32-33-34-35-36-37-38-39-41-43-45-47-49-51-53-60(63)69-58(57-68-70(64,65)67-55-54-61)56-66-59(62)52-50-48-46-44-42-40-18-16-14-12-10-8-6-4-2/h5,7,11,13,16-19,21-22,24-25,27-28,30-31,33-34,36-37,58H,3-4,6,8-10,12,14-15,20,23,26,29,32,35,38-57,61H2,1-2H3,(H,64,65)/b7-5-,13-11-,18-16-,19-17-,22-21-,25-24-,28-27-,31-30-,34-33-,37-36-. The fourth-order valence-corrected chi connectivity index (χ4v) is 7.80. The summed E-state index contributed by atoms with van der Waals surface area (Å²) in [4.78, 5) is 35.1. The number of nitrogens with two attached hydrogens (primary N) is 1. The van der Waals surface area contributed by atoms with Crippen molar-refractivity contribution in [3.8, 4) is 0 Å². The van der Waals surface area contributed by atoms with Gasteiger partial charge >= 0.3 is 19.8 Å². The highest BCUT2D eigenvalue weighted by atomic mass is 31.2. The summed E-state index contributed by atoms with van der Waals surface area (Å²) in [6.07, 6.45) is 75.3.